The van der Waals surface area contributed by atoms with Crippen molar-refractivity contribution in [3.8, 4) is 5.75 Å². The van der Waals surface area contributed by atoms with Gasteiger partial charge >= 0.3 is 12.4 Å². The van der Waals surface area contributed by atoms with Gasteiger partial charge in [0.05, 0.1) is 17.1 Å². The molecule has 4 fully saturated rings. The lowest BCUT2D eigenvalue weighted by molar-refractivity contribution is -0.274. The van der Waals surface area contributed by atoms with Gasteiger partial charge in [-0.1, -0.05) is 34.1 Å². The lowest BCUT2D eigenvalue weighted by Gasteiger charge is -2.64. The number of carbonyl (C=O) groups excluding carboxylic acids is 1. The average molecular weight is 673 g/mol. The number of carbonyl (C=O) groups is 1. The van der Waals surface area contributed by atoms with E-state index in [9.17, 15) is 36.6 Å². The third-order valence-corrected chi connectivity index (χ3v) is 14.2. The summed E-state index contributed by atoms with van der Waals surface area (Å²) in [6.07, 6.45) is 4.19. The molecule has 2 amide bonds. The second-order valence-corrected chi connectivity index (χ2v) is 16.8. The maximum atomic E-state index is 12.5. The molecule has 0 saturated heterocycles. The van der Waals surface area contributed by atoms with Crippen molar-refractivity contribution in [2.75, 3.05) is 6.54 Å². The van der Waals surface area contributed by atoms with E-state index in [1.165, 1.54) is 0 Å². The summed E-state index contributed by atoms with van der Waals surface area (Å²) in [6.45, 7) is 9.63. The van der Waals surface area contributed by atoms with E-state index in [4.69, 9.17) is 0 Å². The smallest absolute Gasteiger partial charge is 0.406 e. The van der Waals surface area contributed by atoms with Gasteiger partial charge in [-0.05, 0) is 134 Å². The molecule has 1 aromatic carbocycles. The topological polar surface area (TPSA) is 125 Å². The molecule has 46 heavy (non-hydrogen) atoms. The van der Waals surface area contributed by atoms with E-state index < -0.39 is 28.2 Å². The summed E-state index contributed by atoms with van der Waals surface area (Å²) in [6, 6.07) is 2.73. The number of hydrogen-bond donors (Lipinski definition) is 4. The normalized spacial score (nSPS) is 38.2. The summed E-state index contributed by atoms with van der Waals surface area (Å²) in [5.41, 5.74) is 0.302. The molecular formula is C34H51F3N2O6S. The highest BCUT2D eigenvalue weighted by Crippen LogP contribution is 2.69. The molecule has 5 rings (SSSR count). The number of aliphatic hydroxyl groups excluding tert-OH is 2. The summed E-state index contributed by atoms with van der Waals surface area (Å²) in [5.74, 6) is 2.18. The van der Waals surface area contributed by atoms with Crippen LogP contribution in [0, 0.1) is 52.3 Å². The summed E-state index contributed by atoms with van der Waals surface area (Å²) in [5, 5.41) is 25.0. The molecule has 11 atom stereocenters. The highest BCUT2D eigenvalue weighted by molar-refractivity contribution is 7.90. The number of aliphatic hydroxyl groups is 2. The van der Waals surface area contributed by atoms with E-state index in [-0.39, 0.29) is 46.3 Å². The number of ether oxygens (including phenoxy) is 1. The molecule has 0 heterocycles. The number of fused-ring (bicyclic) bond motifs is 5. The van der Waals surface area contributed by atoms with Crippen molar-refractivity contribution in [2.45, 2.75) is 115 Å². The highest BCUT2D eigenvalue weighted by atomic mass is 32.2. The van der Waals surface area contributed by atoms with E-state index in [1.54, 1.807) is 0 Å². The van der Waals surface area contributed by atoms with Crippen LogP contribution in [0.25, 0.3) is 0 Å². The van der Waals surface area contributed by atoms with Gasteiger partial charge in [0.2, 0.25) is 0 Å². The fourth-order valence-electron chi connectivity index (χ4n) is 10.8. The molecule has 1 aromatic rings. The first kappa shape index (κ1) is 35.3. The molecule has 0 bridgehead atoms. The number of hydrogen-bond acceptors (Lipinski definition) is 6. The van der Waals surface area contributed by atoms with Gasteiger partial charge in [-0.3, -0.25) is 0 Å². The minimum Gasteiger partial charge on any atom is -0.406 e. The number of urea groups is 1. The molecule has 8 nitrogen and oxygen atoms in total. The zero-order chi connectivity index (χ0) is 33.7. The molecule has 0 aliphatic heterocycles. The fraction of sp³-hybridized carbons (Fsp3) is 0.794. The lowest BCUT2D eigenvalue weighted by Crippen LogP contribution is -2.62. The lowest BCUT2D eigenvalue weighted by atomic mass is 9.41. The maximum absolute atomic E-state index is 12.5. The Bertz CT molecular complexity index is 1340. The Morgan fingerprint density at radius 2 is 1.67 bits per heavy atom. The fourth-order valence-corrected chi connectivity index (χ4v) is 11.7. The van der Waals surface area contributed by atoms with Crippen LogP contribution in [0.15, 0.2) is 29.2 Å². The largest absolute Gasteiger partial charge is 0.573 e. The molecule has 0 aromatic heterocycles. The zero-order valence-electron chi connectivity index (χ0n) is 27.4. The predicted octanol–water partition coefficient (Wildman–Crippen LogP) is 6.62. The molecule has 4 N–H and O–H groups in total. The molecule has 260 valence electrons. The number of halogens is 3. The van der Waals surface area contributed by atoms with Gasteiger partial charge in [-0.15, -0.1) is 13.2 Å². The monoisotopic (exact) mass is 672 g/mol. The first-order valence-electron chi connectivity index (χ1n) is 17.0. The van der Waals surface area contributed by atoms with Crippen LogP contribution in [0.1, 0.15) is 91.9 Å². The van der Waals surface area contributed by atoms with Crippen LogP contribution >= 0.6 is 0 Å². The van der Waals surface area contributed by atoms with Crippen molar-refractivity contribution in [2.24, 2.45) is 52.3 Å². The second kappa shape index (κ2) is 13.1. The molecule has 4 aliphatic carbocycles. The molecular weight excluding hydrogens is 621 g/mol. The van der Waals surface area contributed by atoms with Crippen molar-refractivity contribution in [3.63, 3.8) is 0 Å². The van der Waals surface area contributed by atoms with Gasteiger partial charge < -0.3 is 20.3 Å². The van der Waals surface area contributed by atoms with E-state index in [2.05, 4.69) is 37.7 Å². The summed E-state index contributed by atoms with van der Waals surface area (Å²) >= 11 is 0. The molecule has 0 spiro atoms. The third-order valence-electron chi connectivity index (χ3n) is 12.9. The highest BCUT2D eigenvalue weighted by Gasteiger charge is 2.64. The van der Waals surface area contributed by atoms with Crippen molar-refractivity contribution >= 4 is 16.1 Å². The summed E-state index contributed by atoms with van der Waals surface area (Å²) in [4.78, 5) is 12.0. The van der Waals surface area contributed by atoms with Crippen molar-refractivity contribution in [1.82, 2.24) is 10.0 Å². The maximum Gasteiger partial charge on any atom is 0.573 e. The third kappa shape index (κ3) is 6.77. The number of benzene rings is 1. The zero-order valence-corrected chi connectivity index (χ0v) is 28.2. The van der Waals surface area contributed by atoms with E-state index in [0.717, 1.165) is 82.1 Å². The Morgan fingerprint density at radius 1 is 1.02 bits per heavy atom. The standard InChI is InChI=1S/C34H51F3N2O6S/c1-5-24-28-19-21(40)14-16-33(28,4)27-15-17-32(3)25(12-13-26(32)29(27)30(24)41)20(2)7-6-18-38-31(42)39-46(43,44)23-10-8-22(9-11-23)45-34(35,36)37/h8-11,20-21,24-30,40-41H,5-7,12-19H2,1-4H3,(H2,38,39,42)/t20-,21-,24-,25-,26+,27+,28?,29+,30-,32?,33?/m1/s1. The van der Waals surface area contributed by atoms with Crippen LogP contribution in [0.4, 0.5) is 18.0 Å². The Labute approximate surface area is 271 Å². The number of nitrogens with one attached hydrogen (secondary N) is 2. The first-order chi connectivity index (χ1) is 21.5. The molecule has 12 heteroatoms. The number of rotatable bonds is 9. The quantitative estimate of drug-likeness (QED) is 0.219. The van der Waals surface area contributed by atoms with Crippen LogP contribution < -0.4 is 14.8 Å². The van der Waals surface area contributed by atoms with Crippen LogP contribution in [0.3, 0.4) is 0 Å². The van der Waals surface area contributed by atoms with Crippen LogP contribution in [-0.2, 0) is 10.0 Å². The number of alkyl halides is 3. The van der Waals surface area contributed by atoms with Gasteiger partial charge in [0.25, 0.3) is 10.0 Å². The van der Waals surface area contributed by atoms with Crippen LogP contribution in [0.2, 0.25) is 0 Å². The second-order valence-electron chi connectivity index (χ2n) is 15.1. The minimum absolute atomic E-state index is 0.136. The minimum atomic E-state index is -4.90. The van der Waals surface area contributed by atoms with Gasteiger partial charge in [-0.2, -0.15) is 0 Å². The van der Waals surface area contributed by atoms with Crippen LogP contribution in [-0.4, -0.2) is 49.8 Å². The Morgan fingerprint density at radius 3 is 2.33 bits per heavy atom. The predicted molar refractivity (Wildman–Crippen MR) is 167 cm³/mol. The molecule has 3 unspecified atom stereocenters. The number of sulfonamides is 1. The summed E-state index contributed by atoms with van der Waals surface area (Å²) in [7, 11) is -4.27. The molecule has 4 saturated carbocycles. The van der Waals surface area contributed by atoms with Crippen molar-refractivity contribution in [1.29, 1.82) is 0 Å². The van der Waals surface area contributed by atoms with E-state index in [1.807, 2.05) is 4.72 Å². The van der Waals surface area contributed by atoms with Crippen molar-refractivity contribution in [3.05, 3.63) is 24.3 Å². The van der Waals surface area contributed by atoms with Gasteiger partial charge in [-0.25, -0.2) is 17.9 Å². The Hall–Kier alpha value is -2.05. The molecule has 0 radical (unpaired) electrons. The van der Waals surface area contributed by atoms with Crippen molar-refractivity contribution < 1.29 is 41.3 Å². The molecule has 4 aliphatic rings. The van der Waals surface area contributed by atoms with Gasteiger partial charge in [0, 0.05) is 6.54 Å². The van der Waals surface area contributed by atoms with E-state index in [0.29, 0.717) is 36.0 Å². The van der Waals surface area contributed by atoms with Gasteiger partial charge in [0.1, 0.15) is 5.75 Å². The van der Waals surface area contributed by atoms with Gasteiger partial charge in [0.15, 0.2) is 0 Å². The first-order valence-corrected chi connectivity index (χ1v) is 18.5. The Kier molecular flexibility index (Phi) is 10.0. The van der Waals surface area contributed by atoms with Crippen LogP contribution in [0.5, 0.6) is 5.75 Å². The Balaban J connectivity index is 1.14. The average Bonchev–Trinajstić information content (AvgIpc) is 3.33. The SMILES string of the molecule is CC[C@@H]1C2C[C@H](O)CCC2(C)[C@H]2CCC3(C)[C@@H]([C@H](C)CCCNC(=O)NS(=O)(=O)c4ccc(OC(F)(F)F)cc4)CC[C@H]3[C@@H]2[C@@H]1O. The summed E-state index contributed by atoms with van der Waals surface area (Å²) < 4.78 is 67.9. The number of amides is 2. The van der Waals surface area contributed by atoms with E-state index >= 15 is 0 Å².